The maximum absolute atomic E-state index is 12.7. The number of unbranched alkanes of at least 4 members (excludes halogenated alkanes) is 7. The van der Waals surface area contributed by atoms with Crippen molar-refractivity contribution in [2.45, 2.75) is 116 Å². The third-order valence-electron chi connectivity index (χ3n) is 5.84. The molecular weight excluding hydrogens is 340 g/mol. The summed E-state index contributed by atoms with van der Waals surface area (Å²) < 4.78 is 0. The zero-order chi connectivity index (χ0) is 20.0. The highest BCUT2D eigenvalue weighted by Gasteiger charge is 2.36. The number of ketones is 1. The van der Waals surface area contributed by atoms with E-state index in [4.69, 9.17) is 5.11 Å². The molecule has 4 nitrogen and oxygen atoms in total. The fraction of sp³-hybridized carbons (Fsp3) is 0.826. The minimum absolute atomic E-state index is 0.267. The Kier molecular flexibility index (Phi) is 12.3. The van der Waals surface area contributed by atoms with Crippen LogP contribution in [0.2, 0.25) is 0 Å². The molecular formula is C23H40O4. The third kappa shape index (κ3) is 10.1. The fourth-order valence-electron chi connectivity index (χ4n) is 4.06. The van der Waals surface area contributed by atoms with E-state index in [2.05, 4.69) is 6.92 Å². The fourth-order valence-corrected chi connectivity index (χ4v) is 4.06. The van der Waals surface area contributed by atoms with Gasteiger partial charge in [-0.25, -0.2) is 0 Å². The summed E-state index contributed by atoms with van der Waals surface area (Å²) in [6.45, 7) is 2.16. The van der Waals surface area contributed by atoms with Crippen LogP contribution >= 0.6 is 0 Å². The Bertz CT molecular complexity index is 457. The summed E-state index contributed by atoms with van der Waals surface area (Å²) in [7, 11) is 0. The summed E-state index contributed by atoms with van der Waals surface area (Å²) in [4.78, 5) is 23.2. The van der Waals surface area contributed by atoms with Crippen LogP contribution in [-0.4, -0.2) is 28.1 Å². The molecule has 0 aromatic heterocycles. The second-order valence-electron chi connectivity index (χ2n) is 8.22. The molecule has 2 N–H and O–H groups in total. The molecule has 0 aromatic rings. The zero-order valence-electron chi connectivity index (χ0n) is 17.3. The number of Topliss-reactive ketones (excluding diaryl/α,β-unsaturated/α-hetero) is 1. The van der Waals surface area contributed by atoms with E-state index in [1.807, 2.05) is 12.2 Å². The standard InChI is InChI=1S/C23H40O4/c1-2-3-8-13-20(24)16-19-23(18-12-10-14-21(23)25)17-11-7-5-4-6-9-15-22(26)27/h16,19-20,24H,2-15,17-18H2,1H3,(H,26,27)/b19-16+. The highest BCUT2D eigenvalue weighted by Crippen LogP contribution is 2.39. The van der Waals surface area contributed by atoms with E-state index < -0.39 is 12.1 Å². The lowest BCUT2D eigenvalue weighted by Crippen LogP contribution is -2.32. The summed E-state index contributed by atoms with van der Waals surface area (Å²) in [5, 5.41) is 18.8. The molecule has 1 rings (SSSR count). The van der Waals surface area contributed by atoms with Gasteiger partial charge < -0.3 is 10.2 Å². The van der Waals surface area contributed by atoms with E-state index in [9.17, 15) is 14.7 Å². The zero-order valence-corrected chi connectivity index (χ0v) is 17.3. The normalized spacial score (nSPS) is 21.6. The average Bonchev–Trinajstić information content (AvgIpc) is 2.64. The molecule has 2 atom stereocenters. The van der Waals surface area contributed by atoms with Gasteiger partial charge in [0.05, 0.1) is 6.10 Å². The van der Waals surface area contributed by atoms with Crippen molar-refractivity contribution in [3.05, 3.63) is 12.2 Å². The van der Waals surface area contributed by atoms with Crippen molar-refractivity contribution in [1.82, 2.24) is 0 Å². The lowest BCUT2D eigenvalue weighted by molar-refractivity contribution is -0.137. The summed E-state index contributed by atoms with van der Waals surface area (Å²) in [5.41, 5.74) is -0.354. The Hall–Kier alpha value is -1.16. The van der Waals surface area contributed by atoms with Gasteiger partial charge in [-0.3, -0.25) is 9.59 Å². The number of aliphatic carboxylic acids is 1. The first kappa shape index (κ1) is 23.9. The van der Waals surface area contributed by atoms with Crippen LogP contribution in [-0.2, 0) is 9.59 Å². The number of carboxylic acid groups (broad SMARTS) is 1. The highest BCUT2D eigenvalue weighted by molar-refractivity contribution is 5.87. The molecule has 1 aliphatic rings. The molecule has 0 bridgehead atoms. The number of carbonyl (C=O) groups is 2. The Labute approximate surface area is 165 Å². The molecule has 0 saturated heterocycles. The van der Waals surface area contributed by atoms with E-state index in [0.29, 0.717) is 12.2 Å². The van der Waals surface area contributed by atoms with E-state index in [0.717, 1.165) is 89.9 Å². The molecule has 0 radical (unpaired) electrons. The van der Waals surface area contributed by atoms with E-state index >= 15 is 0 Å². The van der Waals surface area contributed by atoms with Crippen LogP contribution in [0.1, 0.15) is 110 Å². The number of rotatable bonds is 15. The molecule has 0 spiro atoms. The highest BCUT2D eigenvalue weighted by atomic mass is 16.4. The second kappa shape index (κ2) is 13.9. The smallest absolute Gasteiger partial charge is 0.303 e. The molecule has 1 saturated carbocycles. The van der Waals surface area contributed by atoms with Crippen LogP contribution < -0.4 is 0 Å². The quantitative estimate of drug-likeness (QED) is 0.277. The molecule has 156 valence electrons. The van der Waals surface area contributed by atoms with Crippen molar-refractivity contribution in [2.75, 3.05) is 0 Å². The van der Waals surface area contributed by atoms with Gasteiger partial charge >= 0.3 is 5.97 Å². The number of aliphatic hydroxyl groups excluding tert-OH is 1. The maximum Gasteiger partial charge on any atom is 0.303 e. The largest absolute Gasteiger partial charge is 0.481 e. The molecule has 2 unspecified atom stereocenters. The van der Waals surface area contributed by atoms with Crippen molar-refractivity contribution in [3.8, 4) is 0 Å². The van der Waals surface area contributed by atoms with Gasteiger partial charge in [-0.1, -0.05) is 76.9 Å². The summed E-state index contributed by atoms with van der Waals surface area (Å²) in [6.07, 6.45) is 18.5. The summed E-state index contributed by atoms with van der Waals surface area (Å²) in [6, 6.07) is 0. The number of carboxylic acids is 1. The predicted molar refractivity (Wildman–Crippen MR) is 110 cm³/mol. The third-order valence-corrected chi connectivity index (χ3v) is 5.84. The Morgan fingerprint density at radius 3 is 2.44 bits per heavy atom. The number of allylic oxidation sites excluding steroid dienone is 1. The molecule has 1 fully saturated rings. The van der Waals surface area contributed by atoms with Crippen molar-refractivity contribution < 1.29 is 19.8 Å². The number of hydrogen-bond acceptors (Lipinski definition) is 3. The summed E-state index contributed by atoms with van der Waals surface area (Å²) >= 11 is 0. The number of hydrogen-bond donors (Lipinski definition) is 2. The Morgan fingerprint density at radius 2 is 1.78 bits per heavy atom. The first-order valence-corrected chi connectivity index (χ1v) is 11.1. The van der Waals surface area contributed by atoms with Crippen LogP contribution in [0.15, 0.2) is 12.2 Å². The van der Waals surface area contributed by atoms with Gasteiger partial charge in [0.2, 0.25) is 0 Å². The van der Waals surface area contributed by atoms with Crippen molar-refractivity contribution in [3.63, 3.8) is 0 Å². The average molecular weight is 381 g/mol. The van der Waals surface area contributed by atoms with Gasteiger partial charge in [-0.05, 0) is 32.1 Å². The van der Waals surface area contributed by atoms with Gasteiger partial charge in [-0.2, -0.15) is 0 Å². The second-order valence-corrected chi connectivity index (χ2v) is 8.22. The van der Waals surface area contributed by atoms with Crippen LogP contribution in [0.3, 0.4) is 0 Å². The van der Waals surface area contributed by atoms with Gasteiger partial charge in [-0.15, -0.1) is 0 Å². The molecule has 0 heterocycles. The van der Waals surface area contributed by atoms with E-state index in [1.165, 1.54) is 0 Å². The van der Waals surface area contributed by atoms with Gasteiger partial charge in [0, 0.05) is 18.3 Å². The minimum Gasteiger partial charge on any atom is -0.481 e. The number of carbonyl (C=O) groups excluding carboxylic acids is 1. The topological polar surface area (TPSA) is 74.6 Å². The predicted octanol–water partition coefficient (Wildman–Crippen LogP) is 5.82. The maximum atomic E-state index is 12.7. The van der Waals surface area contributed by atoms with E-state index in [-0.39, 0.29) is 11.8 Å². The first-order chi connectivity index (χ1) is 13.0. The molecule has 1 aliphatic carbocycles. The van der Waals surface area contributed by atoms with Crippen molar-refractivity contribution >= 4 is 11.8 Å². The monoisotopic (exact) mass is 380 g/mol. The van der Waals surface area contributed by atoms with Gasteiger partial charge in [0.1, 0.15) is 5.78 Å². The Morgan fingerprint density at radius 1 is 1.07 bits per heavy atom. The lowest BCUT2D eigenvalue weighted by atomic mass is 9.69. The summed E-state index contributed by atoms with van der Waals surface area (Å²) in [5.74, 6) is -0.358. The van der Waals surface area contributed by atoms with Gasteiger partial charge in [0.15, 0.2) is 0 Å². The van der Waals surface area contributed by atoms with Crippen molar-refractivity contribution in [1.29, 1.82) is 0 Å². The Balaban J connectivity index is 2.40. The van der Waals surface area contributed by atoms with Crippen LogP contribution in [0.4, 0.5) is 0 Å². The minimum atomic E-state index is -0.712. The number of aliphatic hydroxyl groups is 1. The van der Waals surface area contributed by atoms with E-state index in [1.54, 1.807) is 0 Å². The molecule has 4 heteroatoms. The molecule has 27 heavy (non-hydrogen) atoms. The molecule has 0 aromatic carbocycles. The van der Waals surface area contributed by atoms with Crippen LogP contribution in [0.5, 0.6) is 0 Å². The lowest BCUT2D eigenvalue weighted by Gasteiger charge is -2.33. The SMILES string of the molecule is CCCCCC(O)/C=C/C1(CCCCCCCCC(=O)O)CCCCC1=O. The van der Waals surface area contributed by atoms with Crippen molar-refractivity contribution in [2.24, 2.45) is 5.41 Å². The van der Waals surface area contributed by atoms with Crippen LogP contribution in [0, 0.1) is 5.41 Å². The van der Waals surface area contributed by atoms with Crippen LogP contribution in [0.25, 0.3) is 0 Å². The molecule has 0 amide bonds. The molecule has 0 aliphatic heterocycles. The van der Waals surface area contributed by atoms with Gasteiger partial charge in [0.25, 0.3) is 0 Å². The first-order valence-electron chi connectivity index (χ1n) is 11.1.